The lowest BCUT2D eigenvalue weighted by atomic mass is 9.15. The van der Waals surface area contributed by atoms with E-state index in [2.05, 4.69) is 0 Å². The van der Waals surface area contributed by atoms with Crippen LogP contribution in [-0.4, -0.2) is 6.15 Å². The van der Waals surface area contributed by atoms with Gasteiger partial charge in [0.15, 0.2) is 34.9 Å². The van der Waals surface area contributed by atoms with Gasteiger partial charge in [-0.05, 0) is 97.5 Å². The molecule has 0 spiro atoms. The first kappa shape index (κ1) is 43.3. The molecule has 0 unspecified atom stereocenters. The van der Waals surface area contributed by atoms with E-state index < -0.39 is 82.5 Å². The van der Waals surface area contributed by atoms with Crippen molar-refractivity contribution in [1.29, 1.82) is 0 Å². The molecular formula is C52H38BF10P. The lowest BCUT2D eigenvalue weighted by Crippen LogP contribution is -2.71. The van der Waals surface area contributed by atoms with Gasteiger partial charge in [-0.15, -0.1) is 10.9 Å². The van der Waals surface area contributed by atoms with Crippen LogP contribution in [0.5, 0.6) is 0 Å². The van der Waals surface area contributed by atoms with Crippen LogP contribution in [0, 0.1) is 121 Å². The minimum absolute atomic E-state index is 0.0652. The van der Waals surface area contributed by atoms with Gasteiger partial charge in [0.2, 0.25) is 0 Å². The summed E-state index contributed by atoms with van der Waals surface area (Å²) >= 11 is 0. The highest BCUT2D eigenvalue weighted by molar-refractivity contribution is 7.99. The first-order valence-corrected chi connectivity index (χ1v) is 22.5. The average molecular weight is 895 g/mol. The smallest absolute Gasteiger partial charge is 0.200 e. The minimum atomic E-state index is -4.58. The molecule has 0 aromatic heterocycles. The van der Waals surface area contributed by atoms with E-state index in [1.165, 1.54) is 12.1 Å². The predicted molar refractivity (Wildman–Crippen MR) is 235 cm³/mol. The number of rotatable bonds is 7. The van der Waals surface area contributed by atoms with Crippen molar-refractivity contribution in [1.82, 2.24) is 0 Å². The first-order chi connectivity index (χ1) is 30.4. The Hall–Kier alpha value is -5.93. The summed E-state index contributed by atoms with van der Waals surface area (Å²) in [6.45, 7) is 11.5. The topological polar surface area (TPSA) is 0 Å². The fourth-order valence-electron chi connectivity index (χ4n) is 11.2. The van der Waals surface area contributed by atoms with Crippen LogP contribution in [0.25, 0.3) is 0 Å². The number of halogens is 10. The molecule has 0 fully saturated rings. The van der Waals surface area contributed by atoms with Crippen molar-refractivity contribution < 1.29 is 43.9 Å². The Morgan fingerprint density at radius 2 is 0.828 bits per heavy atom. The second-order valence-electron chi connectivity index (χ2n) is 17.2. The first-order valence-electron chi connectivity index (χ1n) is 20.7. The van der Waals surface area contributed by atoms with Crippen LogP contribution in [0.15, 0.2) is 102 Å². The second kappa shape index (κ2) is 15.4. The van der Waals surface area contributed by atoms with E-state index in [-0.39, 0.29) is 28.8 Å². The van der Waals surface area contributed by atoms with Gasteiger partial charge in [-0.25, -0.2) is 43.9 Å². The summed E-state index contributed by atoms with van der Waals surface area (Å²) < 4.78 is 163. The minimum Gasteiger partial charge on any atom is -0.207 e. The molecule has 0 N–H and O–H groups in total. The third kappa shape index (κ3) is 5.88. The van der Waals surface area contributed by atoms with Gasteiger partial charge in [0, 0.05) is 17.0 Å². The molecule has 1 heterocycles. The van der Waals surface area contributed by atoms with Crippen LogP contribution in [0.3, 0.4) is 0 Å². The van der Waals surface area contributed by atoms with Crippen molar-refractivity contribution >= 4 is 45.7 Å². The summed E-state index contributed by atoms with van der Waals surface area (Å²) in [7, 11) is -3.70. The molecule has 7 aromatic rings. The van der Waals surface area contributed by atoms with Crippen molar-refractivity contribution in [2.75, 3.05) is 0 Å². The molecule has 0 nitrogen and oxygen atoms in total. The molecule has 12 heteroatoms. The molecule has 324 valence electrons. The number of allylic oxidation sites excluding steroid dienone is 1. The van der Waals surface area contributed by atoms with Crippen molar-refractivity contribution in [3.8, 4) is 0 Å². The molecule has 0 radical (unpaired) electrons. The fourth-order valence-corrected chi connectivity index (χ4v) is 17.0. The molecule has 64 heavy (non-hydrogen) atoms. The van der Waals surface area contributed by atoms with E-state index in [4.69, 9.17) is 0 Å². The highest BCUT2D eigenvalue weighted by Crippen LogP contribution is 2.67. The van der Waals surface area contributed by atoms with Gasteiger partial charge >= 0.3 is 0 Å². The van der Waals surface area contributed by atoms with Crippen LogP contribution >= 0.6 is 7.26 Å². The Balaban J connectivity index is 1.69. The number of hydrogen-bond acceptors (Lipinski definition) is 0. The lowest BCUT2D eigenvalue weighted by molar-refractivity contribution is 0.382. The highest BCUT2D eigenvalue weighted by atomic mass is 31.2. The van der Waals surface area contributed by atoms with Crippen LogP contribution in [-0.2, 0) is 6.42 Å². The summed E-state index contributed by atoms with van der Waals surface area (Å²) in [5.74, 6) is -23.7. The van der Waals surface area contributed by atoms with Crippen LogP contribution < -0.4 is 32.3 Å². The van der Waals surface area contributed by atoms with Gasteiger partial charge in [-0.1, -0.05) is 96.1 Å². The van der Waals surface area contributed by atoms with Crippen molar-refractivity contribution in [2.45, 2.75) is 54.4 Å². The molecule has 0 atom stereocenters. The molecule has 7 aromatic carbocycles. The molecule has 0 amide bonds. The fraction of sp³-hybridized carbons (Fsp3) is 0.154. The number of aryl methyl sites for hydroxylation is 7. The summed E-state index contributed by atoms with van der Waals surface area (Å²) in [5, 5.41) is 4.15. The zero-order valence-electron chi connectivity index (χ0n) is 35.5. The highest BCUT2D eigenvalue weighted by Gasteiger charge is 2.56. The Bertz CT molecular complexity index is 3190. The summed E-state index contributed by atoms with van der Waals surface area (Å²) in [6.07, 6.45) is -4.47. The van der Waals surface area contributed by atoms with Gasteiger partial charge in [0.05, 0.1) is 0 Å². The standard InChI is InChI=1S/C52H38BF10P/c1-25-20-27(3)51(28(4)21-25)64(52-29(5)22-26(2)23-30(52)6)32(19-18-31-12-8-7-9-13-31)24-53(39-41(54)45(58)49(62)46(59)42(39)55,40-43(56)47(60)50(63)48(61)44(40)57)35-16-10-14-33-34-15-11-17-36(64)38(34)37(33)35/h7-17,20-24H,18-19H2,1-6H3/b32-24+. The van der Waals surface area contributed by atoms with E-state index in [9.17, 15) is 0 Å². The molecule has 2 aliphatic rings. The van der Waals surface area contributed by atoms with Gasteiger partial charge in [0.1, 0.15) is 52.6 Å². The van der Waals surface area contributed by atoms with E-state index in [0.717, 1.165) is 60.8 Å². The maximum Gasteiger partial charge on any atom is 0.200 e. The molecule has 1 aliphatic carbocycles. The molecule has 9 rings (SSSR count). The molecule has 1 aliphatic heterocycles. The maximum atomic E-state index is 17.2. The van der Waals surface area contributed by atoms with Crippen molar-refractivity contribution in [2.24, 2.45) is 0 Å². The van der Waals surface area contributed by atoms with E-state index in [1.807, 2.05) is 90.1 Å². The van der Waals surface area contributed by atoms with Crippen LogP contribution in [0.2, 0.25) is 0 Å². The van der Waals surface area contributed by atoms with Crippen molar-refractivity contribution in [3.05, 3.63) is 220 Å². The zero-order valence-corrected chi connectivity index (χ0v) is 36.4. The quantitative estimate of drug-likeness (QED) is 0.0492. The maximum absolute atomic E-state index is 17.2. The third-order valence-corrected chi connectivity index (χ3v) is 18.3. The van der Waals surface area contributed by atoms with Crippen molar-refractivity contribution in [3.63, 3.8) is 0 Å². The third-order valence-electron chi connectivity index (χ3n) is 13.3. The predicted octanol–water partition coefficient (Wildman–Crippen LogP) is 10.6. The van der Waals surface area contributed by atoms with Gasteiger partial charge in [-0.3, -0.25) is 0 Å². The largest absolute Gasteiger partial charge is 0.207 e. The number of hydrogen-bond donors (Lipinski definition) is 0. The molecular weight excluding hydrogens is 856 g/mol. The Morgan fingerprint density at radius 3 is 1.28 bits per heavy atom. The van der Waals surface area contributed by atoms with E-state index in [0.29, 0.717) is 15.7 Å². The van der Waals surface area contributed by atoms with Crippen LogP contribution in [0.4, 0.5) is 43.9 Å². The van der Waals surface area contributed by atoms with Gasteiger partial charge in [0.25, 0.3) is 0 Å². The summed E-state index contributed by atoms with van der Waals surface area (Å²) in [5.41, 5.74) is 1.79. The average Bonchev–Trinajstić information content (AvgIpc) is 3.25. The van der Waals surface area contributed by atoms with Gasteiger partial charge in [-0.2, -0.15) is 11.4 Å². The Morgan fingerprint density at radius 1 is 0.422 bits per heavy atom. The number of benzene rings is 7. The summed E-state index contributed by atoms with van der Waals surface area (Å²) in [4.78, 5) is 0. The lowest BCUT2D eigenvalue weighted by Gasteiger charge is -2.46. The van der Waals surface area contributed by atoms with Crippen LogP contribution in [0.1, 0.15) is 45.4 Å². The normalized spacial score (nSPS) is 15.2. The second-order valence-corrected chi connectivity index (χ2v) is 20.5. The zero-order chi connectivity index (χ0) is 45.9. The monoisotopic (exact) mass is 894 g/mol. The Kier molecular flexibility index (Phi) is 10.4. The Labute approximate surface area is 363 Å². The molecule has 0 saturated heterocycles. The van der Waals surface area contributed by atoms with E-state index >= 15 is 43.9 Å². The molecule has 0 bridgehead atoms. The molecule has 0 saturated carbocycles. The SMILES string of the molecule is Cc1cc(C)c([P+]2(c3c(C)cc(C)cc3C)/C(CCc3ccccc3)=C/[B-](c3c(F)c(F)c(F)c(F)c3F)(c3c(F)c(F)c(F)c(F)c3F)c3cccc4c3=c3c2cccc3=4)c(C)c1. The van der Waals surface area contributed by atoms with E-state index in [1.54, 1.807) is 30.3 Å². The summed E-state index contributed by atoms with van der Waals surface area (Å²) in [6, 6.07) is 26.8. The van der Waals surface area contributed by atoms with Gasteiger partial charge < -0.3 is 0 Å².